The molecule has 1 aromatic heterocycles. The fraction of sp³-hybridized carbons (Fsp3) is 0. The van der Waals surface area contributed by atoms with E-state index in [0.29, 0.717) is 22.0 Å². The minimum atomic E-state index is -0.267. The van der Waals surface area contributed by atoms with Gasteiger partial charge < -0.3 is 4.98 Å². The van der Waals surface area contributed by atoms with Gasteiger partial charge in [0.25, 0.3) is 5.91 Å². The number of nitrogens with one attached hydrogen (secondary N) is 2. The van der Waals surface area contributed by atoms with Crippen LogP contribution in [-0.4, -0.2) is 21.3 Å². The van der Waals surface area contributed by atoms with Crippen LogP contribution >= 0.6 is 34.2 Å². The highest BCUT2D eigenvalue weighted by Gasteiger charge is 2.20. The first kappa shape index (κ1) is 11.7. The van der Waals surface area contributed by atoms with Crippen molar-refractivity contribution in [3.63, 3.8) is 0 Å². The van der Waals surface area contributed by atoms with Crippen molar-refractivity contribution in [1.29, 1.82) is 0 Å². The molecule has 1 amide bonds. The largest absolute Gasteiger partial charge is 0.345 e. The van der Waals surface area contributed by atoms with E-state index in [1.807, 2.05) is 28.7 Å². The topological polar surface area (TPSA) is 69.6 Å². The molecule has 2 N–H and O–H groups in total. The van der Waals surface area contributed by atoms with E-state index in [0.717, 1.165) is 10.9 Å². The second-order valence-electron chi connectivity index (χ2n) is 3.69. The van der Waals surface area contributed by atoms with Gasteiger partial charge in [0.2, 0.25) is 0 Å². The molecule has 0 spiro atoms. The number of hydrazone groups is 1. The van der Waals surface area contributed by atoms with Crippen LogP contribution in [0, 0.1) is 0 Å². The number of carbonyl (C=O) groups excluding carboxylic acids is 1. The molecule has 0 saturated carbocycles. The molecule has 1 aliphatic rings. The Morgan fingerprint density at radius 3 is 3.06 bits per heavy atom. The Kier molecular flexibility index (Phi) is 2.83. The third-order valence-corrected chi connectivity index (χ3v) is 3.25. The number of aliphatic imine (C=N–C) groups is 1. The van der Waals surface area contributed by atoms with Crippen LogP contribution in [-0.2, 0) is 0 Å². The average Bonchev–Trinajstić information content (AvgIpc) is 2.53. The monoisotopic (exact) mass is 372 g/mol. The van der Waals surface area contributed by atoms with Gasteiger partial charge >= 0.3 is 0 Å². The molecule has 0 unspecified atom stereocenters. The van der Waals surface area contributed by atoms with Crippen molar-refractivity contribution in [1.82, 2.24) is 10.4 Å². The second-order valence-corrected chi connectivity index (χ2v) is 4.63. The smallest absolute Gasteiger partial charge is 0.272 e. The highest BCUT2D eigenvalue weighted by Crippen LogP contribution is 2.32. The minimum Gasteiger partial charge on any atom is -0.345 e. The zero-order chi connectivity index (χ0) is 12.7. The van der Waals surface area contributed by atoms with Crippen LogP contribution in [0.5, 0.6) is 0 Å². The molecule has 0 bridgehead atoms. The first-order chi connectivity index (χ1) is 8.70. The zero-order valence-corrected chi connectivity index (χ0v) is 11.8. The Labute approximate surface area is 120 Å². The van der Waals surface area contributed by atoms with Gasteiger partial charge in [-0.25, -0.2) is 5.43 Å². The van der Waals surface area contributed by atoms with Crippen LogP contribution < -0.4 is 5.43 Å². The zero-order valence-electron chi connectivity index (χ0n) is 8.87. The SMILES string of the molecule is O=C1NN=Cc2c(Cl)[nH]c3cc(N=CI)cc1c23. The summed E-state index contributed by atoms with van der Waals surface area (Å²) >= 11 is 8.12. The molecule has 18 heavy (non-hydrogen) atoms. The number of aromatic amines is 1. The molecular formula is C11H6ClIN4O. The van der Waals surface area contributed by atoms with Crippen molar-refractivity contribution in [2.45, 2.75) is 0 Å². The van der Waals surface area contributed by atoms with Gasteiger partial charge in [0.1, 0.15) is 5.15 Å². The molecule has 0 aliphatic carbocycles. The van der Waals surface area contributed by atoms with Gasteiger partial charge in [-0.15, -0.1) is 0 Å². The van der Waals surface area contributed by atoms with E-state index in [9.17, 15) is 4.79 Å². The van der Waals surface area contributed by atoms with Crippen molar-refractivity contribution < 1.29 is 4.79 Å². The van der Waals surface area contributed by atoms with E-state index in [2.05, 4.69) is 20.5 Å². The lowest BCUT2D eigenvalue weighted by molar-refractivity contribution is 0.0957. The average molecular weight is 373 g/mol. The van der Waals surface area contributed by atoms with E-state index in [4.69, 9.17) is 11.6 Å². The van der Waals surface area contributed by atoms with Gasteiger partial charge in [0, 0.05) is 10.9 Å². The summed E-state index contributed by atoms with van der Waals surface area (Å²) in [5.41, 5.74) is 5.12. The maximum atomic E-state index is 11.9. The molecule has 7 heteroatoms. The molecule has 0 saturated heterocycles. The number of benzene rings is 1. The number of carbonyl (C=O) groups is 1. The molecular weight excluding hydrogens is 367 g/mol. The third-order valence-electron chi connectivity index (χ3n) is 2.68. The number of nitrogens with zero attached hydrogens (tertiary/aromatic N) is 2. The van der Waals surface area contributed by atoms with Crippen molar-refractivity contribution >= 4 is 67.1 Å². The maximum Gasteiger partial charge on any atom is 0.272 e. The molecule has 2 heterocycles. The molecule has 90 valence electrons. The summed E-state index contributed by atoms with van der Waals surface area (Å²) in [6, 6.07) is 3.56. The maximum absolute atomic E-state index is 11.9. The van der Waals surface area contributed by atoms with Crippen molar-refractivity contribution in [3.8, 4) is 0 Å². The van der Waals surface area contributed by atoms with Crippen LogP contribution in [0.25, 0.3) is 10.9 Å². The summed E-state index contributed by atoms with van der Waals surface area (Å²) in [4.78, 5) is 19.1. The van der Waals surface area contributed by atoms with Gasteiger partial charge in [-0.1, -0.05) is 11.6 Å². The Bertz CT molecular complexity index is 719. The molecule has 0 fully saturated rings. The lowest BCUT2D eigenvalue weighted by Gasteiger charge is -2.02. The number of rotatable bonds is 1. The first-order valence-corrected chi connectivity index (χ1v) is 6.64. The second kappa shape index (κ2) is 4.36. The van der Waals surface area contributed by atoms with Gasteiger partial charge in [-0.05, 0) is 34.7 Å². The van der Waals surface area contributed by atoms with Crippen LogP contribution in [0.4, 0.5) is 5.69 Å². The van der Waals surface area contributed by atoms with Crippen LogP contribution in [0.1, 0.15) is 15.9 Å². The van der Waals surface area contributed by atoms with Gasteiger partial charge in [0.05, 0.1) is 27.2 Å². The Morgan fingerprint density at radius 2 is 2.28 bits per heavy atom. The Morgan fingerprint density at radius 1 is 1.44 bits per heavy atom. The minimum absolute atomic E-state index is 0.267. The molecule has 0 atom stereocenters. The van der Waals surface area contributed by atoms with Gasteiger partial charge in [0.15, 0.2) is 0 Å². The summed E-state index contributed by atoms with van der Waals surface area (Å²) in [5.74, 6) is -0.267. The van der Waals surface area contributed by atoms with Gasteiger partial charge in [-0.2, -0.15) is 5.10 Å². The number of aromatic nitrogens is 1. The summed E-state index contributed by atoms with van der Waals surface area (Å²) in [6.07, 6.45) is 1.54. The van der Waals surface area contributed by atoms with E-state index < -0.39 is 0 Å². The Balaban J connectivity index is 2.43. The standard InChI is InChI=1S/C11H6ClIN4O/c12-10-7-3-15-17-11(18)6-1-5(14-4-13)2-8(16-10)9(6)7/h1-4,16H,(H,17,18). The quantitative estimate of drug-likeness (QED) is 0.586. The Hall–Kier alpha value is -1.41. The van der Waals surface area contributed by atoms with E-state index >= 15 is 0 Å². The van der Waals surface area contributed by atoms with Crippen LogP contribution in [0.3, 0.4) is 0 Å². The number of halogens is 2. The van der Waals surface area contributed by atoms with Crippen LogP contribution in [0.2, 0.25) is 5.15 Å². The van der Waals surface area contributed by atoms with E-state index in [1.54, 1.807) is 10.3 Å². The van der Waals surface area contributed by atoms with Crippen molar-refractivity contribution in [2.24, 2.45) is 10.1 Å². The molecule has 1 aliphatic heterocycles. The predicted molar refractivity (Wildman–Crippen MR) is 80.5 cm³/mol. The van der Waals surface area contributed by atoms with Crippen LogP contribution in [0.15, 0.2) is 22.2 Å². The highest BCUT2D eigenvalue weighted by molar-refractivity contribution is 14.1. The number of hydrogen-bond acceptors (Lipinski definition) is 3. The first-order valence-electron chi connectivity index (χ1n) is 5.02. The lowest BCUT2D eigenvalue weighted by Crippen LogP contribution is -2.16. The number of H-pyrrole nitrogens is 1. The van der Waals surface area contributed by atoms with Crippen molar-refractivity contribution in [2.75, 3.05) is 0 Å². The highest BCUT2D eigenvalue weighted by atomic mass is 127. The molecule has 2 aromatic rings. The number of amides is 1. The third kappa shape index (κ3) is 1.72. The summed E-state index contributed by atoms with van der Waals surface area (Å²) in [5, 5.41) is 5.06. The number of hydrogen-bond donors (Lipinski definition) is 2. The predicted octanol–water partition coefficient (Wildman–Crippen LogP) is 2.99. The molecule has 5 nitrogen and oxygen atoms in total. The van der Waals surface area contributed by atoms with E-state index in [-0.39, 0.29) is 5.91 Å². The fourth-order valence-electron chi connectivity index (χ4n) is 1.96. The molecule has 1 aromatic carbocycles. The molecule has 3 rings (SSSR count). The summed E-state index contributed by atoms with van der Waals surface area (Å²) in [6.45, 7) is 0. The normalized spacial score (nSPS) is 14.2. The lowest BCUT2D eigenvalue weighted by atomic mass is 10.1. The summed E-state index contributed by atoms with van der Waals surface area (Å²) in [7, 11) is 0. The fourth-order valence-corrected chi connectivity index (χ4v) is 2.52. The van der Waals surface area contributed by atoms with E-state index in [1.165, 1.54) is 6.21 Å². The van der Waals surface area contributed by atoms with Gasteiger partial charge in [-0.3, -0.25) is 9.79 Å². The van der Waals surface area contributed by atoms with Crippen molar-refractivity contribution in [3.05, 3.63) is 28.4 Å². The summed E-state index contributed by atoms with van der Waals surface area (Å²) < 4.78 is 1.64. The molecule has 0 radical (unpaired) electrons.